The Bertz CT molecular complexity index is 334. The molecule has 5 heteroatoms. The summed E-state index contributed by atoms with van der Waals surface area (Å²) >= 11 is 0. The van der Waals surface area contributed by atoms with Crippen molar-refractivity contribution in [1.82, 2.24) is 15.1 Å². The van der Waals surface area contributed by atoms with Gasteiger partial charge in [-0.05, 0) is 39.0 Å². The molecule has 124 valence electrons. The molecule has 5 nitrogen and oxygen atoms in total. The van der Waals surface area contributed by atoms with Gasteiger partial charge in [0.05, 0.1) is 6.10 Å². The van der Waals surface area contributed by atoms with Crippen LogP contribution in [0.15, 0.2) is 0 Å². The first-order valence-corrected chi connectivity index (χ1v) is 8.04. The Morgan fingerprint density at radius 2 is 1.90 bits per heavy atom. The molecule has 1 heterocycles. The summed E-state index contributed by atoms with van der Waals surface area (Å²) in [5.74, 6) is 1.42. The fourth-order valence-electron chi connectivity index (χ4n) is 3.18. The number of aliphatic hydroxyl groups is 1. The molecule has 0 bridgehead atoms. The van der Waals surface area contributed by atoms with Crippen molar-refractivity contribution in [2.75, 3.05) is 33.2 Å². The number of nitrogens with one attached hydrogen (secondary N) is 1. The van der Waals surface area contributed by atoms with E-state index in [0.717, 1.165) is 13.1 Å². The molecule has 0 spiro atoms. The maximum Gasteiger partial charge on any atom is 0.317 e. The van der Waals surface area contributed by atoms with E-state index in [2.05, 4.69) is 37.9 Å². The number of hydrogen-bond acceptors (Lipinski definition) is 3. The lowest BCUT2D eigenvalue weighted by Crippen LogP contribution is -2.57. The molecule has 0 aliphatic carbocycles. The standard InChI is InChI=1S/C16H33N3O2/c1-12-7-13(2)9-19(8-12)16(4,5)11-17-15(21)18(6)10-14(3)20/h12-14,20H,7-11H2,1-6H3,(H,17,21). The molecule has 21 heavy (non-hydrogen) atoms. The first-order valence-electron chi connectivity index (χ1n) is 8.04. The van der Waals surface area contributed by atoms with Crippen LogP contribution < -0.4 is 5.32 Å². The number of carbonyl (C=O) groups excluding carboxylic acids is 1. The number of aliphatic hydroxyl groups excluding tert-OH is 1. The van der Waals surface area contributed by atoms with Crippen LogP contribution in [0.3, 0.4) is 0 Å². The molecule has 0 radical (unpaired) electrons. The summed E-state index contributed by atoms with van der Waals surface area (Å²) < 4.78 is 0. The van der Waals surface area contributed by atoms with Gasteiger partial charge in [0.25, 0.3) is 0 Å². The fourth-order valence-corrected chi connectivity index (χ4v) is 3.18. The third kappa shape index (κ3) is 5.83. The highest BCUT2D eigenvalue weighted by Crippen LogP contribution is 2.26. The molecule has 2 amide bonds. The monoisotopic (exact) mass is 299 g/mol. The highest BCUT2D eigenvalue weighted by atomic mass is 16.3. The highest BCUT2D eigenvalue weighted by Gasteiger charge is 2.33. The summed E-state index contributed by atoms with van der Waals surface area (Å²) in [6, 6.07) is -0.123. The van der Waals surface area contributed by atoms with Crippen LogP contribution in [0.25, 0.3) is 0 Å². The molecule has 0 aromatic rings. The van der Waals surface area contributed by atoms with Crippen molar-refractivity contribution in [3.63, 3.8) is 0 Å². The quantitative estimate of drug-likeness (QED) is 0.813. The second-order valence-electron chi connectivity index (χ2n) is 7.55. The summed E-state index contributed by atoms with van der Waals surface area (Å²) in [5, 5.41) is 12.3. The smallest absolute Gasteiger partial charge is 0.317 e. The van der Waals surface area contributed by atoms with E-state index in [0.29, 0.717) is 24.9 Å². The molecule has 1 aliphatic heterocycles. The molecule has 2 N–H and O–H groups in total. The topological polar surface area (TPSA) is 55.8 Å². The van der Waals surface area contributed by atoms with Gasteiger partial charge >= 0.3 is 6.03 Å². The zero-order valence-electron chi connectivity index (χ0n) is 14.5. The second-order valence-corrected chi connectivity index (χ2v) is 7.55. The number of likely N-dealkylation sites (tertiary alicyclic amines) is 1. The predicted octanol–water partition coefficient (Wildman–Crippen LogP) is 1.77. The van der Waals surface area contributed by atoms with Gasteiger partial charge in [0, 0.05) is 38.8 Å². The highest BCUT2D eigenvalue weighted by molar-refractivity contribution is 5.73. The third-order valence-corrected chi connectivity index (χ3v) is 4.28. The Balaban J connectivity index is 2.50. The van der Waals surface area contributed by atoms with Gasteiger partial charge in [-0.25, -0.2) is 4.79 Å². The predicted molar refractivity (Wildman–Crippen MR) is 86.3 cm³/mol. The average Bonchev–Trinajstić information content (AvgIpc) is 2.34. The van der Waals surface area contributed by atoms with E-state index >= 15 is 0 Å². The largest absolute Gasteiger partial charge is 0.392 e. The minimum atomic E-state index is -0.502. The van der Waals surface area contributed by atoms with E-state index in [-0.39, 0.29) is 11.6 Å². The van der Waals surface area contributed by atoms with Crippen LogP contribution in [0.2, 0.25) is 0 Å². The molecule has 0 aromatic heterocycles. The summed E-state index contributed by atoms with van der Waals surface area (Å²) in [5.41, 5.74) is -0.0513. The van der Waals surface area contributed by atoms with Gasteiger partial charge < -0.3 is 15.3 Å². The van der Waals surface area contributed by atoms with Crippen LogP contribution in [0, 0.1) is 11.8 Å². The van der Waals surface area contributed by atoms with Crippen molar-refractivity contribution < 1.29 is 9.90 Å². The average molecular weight is 299 g/mol. The molecule has 0 saturated carbocycles. The molecule has 3 atom stereocenters. The van der Waals surface area contributed by atoms with Crippen LogP contribution >= 0.6 is 0 Å². The first kappa shape index (κ1) is 18.2. The molecule has 1 fully saturated rings. The Labute approximate surface area is 129 Å². The summed E-state index contributed by atoms with van der Waals surface area (Å²) in [7, 11) is 1.71. The number of likely N-dealkylation sites (N-methyl/N-ethyl adjacent to an activating group) is 1. The van der Waals surface area contributed by atoms with Gasteiger partial charge in [-0.2, -0.15) is 0 Å². The van der Waals surface area contributed by atoms with E-state index in [1.807, 2.05) is 0 Å². The maximum atomic E-state index is 12.0. The Hall–Kier alpha value is -0.810. The zero-order chi connectivity index (χ0) is 16.2. The van der Waals surface area contributed by atoms with Gasteiger partial charge in [-0.1, -0.05) is 13.8 Å². The minimum Gasteiger partial charge on any atom is -0.392 e. The Morgan fingerprint density at radius 3 is 2.38 bits per heavy atom. The van der Waals surface area contributed by atoms with E-state index in [9.17, 15) is 9.90 Å². The summed E-state index contributed by atoms with van der Waals surface area (Å²) in [4.78, 5) is 16.0. The van der Waals surface area contributed by atoms with Gasteiger partial charge in [0.2, 0.25) is 0 Å². The van der Waals surface area contributed by atoms with Crippen molar-refractivity contribution >= 4 is 6.03 Å². The number of rotatable bonds is 5. The van der Waals surface area contributed by atoms with Crippen molar-refractivity contribution in [2.45, 2.75) is 52.7 Å². The van der Waals surface area contributed by atoms with Gasteiger partial charge in [-0.3, -0.25) is 4.90 Å². The van der Waals surface area contributed by atoms with Crippen LogP contribution in [0.1, 0.15) is 41.0 Å². The fraction of sp³-hybridized carbons (Fsp3) is 0.938. The number of nitrogens with zero attached hydrogens (tertiary/aromatic N) is 2. The van der Waals surface area contributed by atoms with E-state index < -0.39 is 6.10 Å². The van der Waals surface area contributed by atoms with Crippen molar-refractivity contribution in [2.24, 2.45) is 11.8 Å². The minimum absolute atomic E-state index is 0.0513. The zero-order valence-corrected chi connectivity index (χ0v) is 14.5. The van der Waals surface area contributed by atoms with E-state index in [1.54, 1.807) is 14.0 Å². The lowest BCUT2D eigenvalue weighted by atomic mass is 9.88. The Kier molecular flexibility index (Phi) is 6.47. The first-order chi connectivity index (χ1) is 9.61. The molecule has 1 aliphatic rings. The number of carbonyl (C=O) groups is 1. The number of hydrogen-bond donors (Lipinski definition) is 2. The lowest BCUT2D eigenvalue weighted by molar-refractivity contribution is 0.0462. The molecule has 1 rings (SSSR count). The molecule has 1 saturated heterocycles. The van der Waals surface area contributed by atoms with Crippen molar-refractivity contribution in [1.29, 1.82) is 0 Å². The summed E-state index contributed by atoms with van der Waals surface area (Å²) in [6.45, 7) is 13.8. The van der Waals surface area contributed by atoms with Crippen LogP contribution in [-0.2, 0) is 0 Å². The maximum absolute atomic E-state index is 12.0. The van der Waals surface area contributed by atoms with Gasteiger partial charge in [-0.15, -0.1) is 0 Å². The molecule has 3 unspecified atom stereocenters. The molecular formula is C16H33N3O2. The lowest BCUT2D eigenvalue weighted by Gasteiger charge is -2.45. The van der Waals surface area contributed by atoms with Crippen LogP contribution in [-0.4, -0.2) is 65.8 Å². The normalized spacial score (nSPS) is 25.5. The molecular weight excluding hydrogens is 266 g/mol. The van der Waals surface area contributed by atoms with Gasteiger partial charge in [0.15, 0.2) is 0 Å². The van der Waals surface area contributed by atoms with E-state index in [1.165, 1.54) is 11.3 Å². The Morgan fingerprint density at radius 1 is 1.38 bits per heavy atom. The second kappa shape index (κ2) is 7.45. The number of urea groups is 1. The third-order valence-electron chi connectivity index (χ3n) is 4.28. The number of amides is 2. The molecule has 0 aromatic carbocycles. The number of piperidine rings is 1. The van der Waals surface area contributed by atoms with Crippen molar-refractivity contribution in [3.8, 4) is 0 Å². The van der Waals surface area contributed by atoms with Crippen LogP contribution in [0.5, 0.6) is 0 Å². The SMILES string of the molecule is CC(O)CN(C)C(=O)NCC(C)(C)N1CC(C)CC(C)C1. The van der Waals surface area contributed by atoms with Crippen LogP contribution in [0.4, 0.5) is 4.79 Å². The van der Waals surface area contributed by atoms with Gasteiger partial charge in [0.1, 0.15) is 0 Å². The van der Waals surface area contributed by atoms with Crippen molar-refractivity contribution in [3.05, 3.63) is 0 Å². The summed E-state index contributed by atoms with van der Waals surface area (Å²) in [6.07, 6.45) is 0.785. The van der Waals surface area contributed by atoms with E-state index in [4.69, 9.17) is 0 Å².